The number of aliphatic hydroxyl groups excluding tert-OH is 1. The highest BCUT2D eigenvalue weighted by Gasteiger charge is 2.20. The van der Waals surface area contributed by atoms with Crippen LogP contribution in [0.1, 0.15) is 20.3 Å². The molecular weight excluding hydrogens is 294 g/mol. The Morgan fingerprint density at radius 1 is 1.36 bits per heavy atom. The van der Waals surface area contributed by atoms with Crippen LogP contribution in [0, 0.1) is 0 Å². The standard InChI is InChI=1S/C15H22F2N2O3/c1-10(20)8-9-19(3)11(2)14(21)18-12-6-4-5-7-13(12)22-15(16)17/h4-7,10-11,15,20H,8-9H2,1-3H3,(H,18,21). The van der Waals surface area contributed by atoms with E-state index in [9.17, 15) is 18.7 Å². The average Bonchev–Trinajstić information content (AvgIpc) is 2.45. The number of likely N-dealkylation sites (N-methyl/N-ethyl adjacent to an activating group) is 1. The summed E-state index contributed by atoms with van der Waals surface area (Å²) in [5, 5.41) is 11.8. The SMILES string of the molecule is CC(O)CCN(C)C(C)C(=O)Nc1ccccc1OC(F)F. The van der Waals surface area contributed by atoms with Gasteiger partial charge in [-0.15, -0.1) is 0 Å². The van der Waals surface area contributed by atoms with Gasteiger partial charge < -0.3 is 15.2 Å². The molecule has 1 aromatic carbocycles. The largest absolute Gasteiger partial charge is 0.433 e. The molecule has 0 bridgehead atoms. The smallest absolute Gasteiger partial charge is 0.387 e. The number of ether oxygens (including phenoxy) is 1. The van der Waals surface area contributed by atoms with Crippen LogP contribution in [0.3, 0.4) is 0 Å². The number of alkyl halides is 2. The minimum absolute atomic E-state index is 0.0790. The van der Waals surface area contributed by atoms with Gasteiger partial charge in [-0.1, -0.05) is 12.1 Å². The van der Waals surface area contributed by atoms with Crippen LogP contribution in [0.2, 0.25) is 0 Å². The van der Waals surface area contributed by atoms with Crippen LogP contribution < -0.4 is 10.1 Å². The lowest BCUT2D eigenvalue weighted by Crippen LogP contribution is -2.40. The lowest BCUT2D eigenvalue weighted by atomic mass is 10.2. The predicted octanol–water partition coefficient (Wildman–Crippen LogP) is 2.32. The summed E-state index contributed by atoms with van der Waals surface area (Å²) in [6.45, 7) is 0.968. The Morgan fingerprint density at radius 3 is 2.59 bits per heavy atom. The molecule has 0 saturated heterocycles. The van der Waals surface area contributed by atoms with Crippen LogP contribution in [0.15, 0.2) is 24.3 Å². The normalized spacial score (nSPS) is 14.0. The Kier molecular flexibility index (Phi) is 7.20. The van der Waals surface area contributed by atoms with Crippen molar-refractivity contribution in [2.45, 2.75) is 39.0 Å². The van der Waals surface area contributed by atoms with Gasteiger partial charge in [0, 0.05) is 6.54 Å². The first-order chi connectivity index (χ1) is 10.3. The minimum atomic E-state index is -2.95. The van der Waals surface area contributed by atoms with E-state index in [0.717, 1.165) is 0 Å². The van der Waals surface area contributed by atoms with Gasteiger partial charge in [0.05, 0.1) is 17.8 Å². The third-order valence-corrected chi connectivity index (χ3v) is 3.30. The number of amides is 1. The molecule has 2 N–H and O–H groups in total. The van der Waals surface area contributed by atoms with Crippen LogP contribution in [-0.2, 0) is 4.79 Å². The summed E-state index contributed by atoms with van der Waals surface area (Å²) in [6.07, 6.45) is 0.0945. The Hall–Kier alpha value is -1.73. The molecule has 7 heteroatoms. The molecule has 0 heterocycles. The first-order valence-electron chi connectivity index (χ1n) is 7.04. The number of aliphatic hydroxyl groups is 1. The van der Waals surface area contributed by atoms with Crippen LogP contribution in [0.25, 0.3) is 0 Å². The zero-order valence-electron chi connectivity index (χ0n) is 12.9. The van der Waals surface area contributed by atoms with Crippen LogP contribution >= 0.6 is 0 Å². The molecule has 22 heavy (non-hydrogen) atoms. The number of nitrogens with zero attached hydrogens (tertiary/aromatic N) is 1. The topological polar surface area (TPSA) is 61.8 Å². The van der Waals surface area contributed by atoms with E-state index in [-0.39, 0.29) is 17.3 Å². The van der Waals surface area contributed by atoms with Crippen molar-refractivity contribution in [2.24, 2.45) is 0 Å². The highest BCUT2D eigenvalue weighted by atomic mass is 19.3. The van der Waals surface area contributed by atoms with Gasteiger partial charge in [-0.3, -0.25) is 9.69 Å². The maximum absolute atomic E-state index is 12.3. The summed E-state index contributed by atoms with van der Waals surface area (Å²) >= 11 is 0. The highest BCUT2D eigenvalue weighted by molar-refractivity contribution is 5.95. The van der Waals surface area contributed by atoms with Crippen molar-refractivity contribution in [2.75, 3.05) is 18.9 Å². The van der Waals surface area contributed by atoms with Gasteiger partial charge in [0.1, 0.15) is 5.75 Å². The molecule has 1 rings (SSSR count). The van der Waals surface area contributed by atoms with E-state index in [1.807, 2.05) is 0 Å². The zero-order valence-corrected chi connectivity index (χ0v) is 12.9. The number of carbonyl (C=O) groups excluding carboxylic acids is 1. The molecule has 0 spiro atoms. The van der Waals surface area contributed by atoms with Gasteiger partial charge >= 0.3 is 6.61 Å². The van der Waals surface area contributed by atoms with Crippen molar-refractivity contribution in [3.8, 4) is 5.75 Å². The van der Waals surface area contributed by atoms with Gasteiger partial charge in [-0.05, 0) is 39.4 Å². The minimum Gasteiger partial charge on any atom is -0.433 e. The summed E-state index contributed by atoms with van der Waals surface area (Å²) in [7, 11) is 1.76. The fraction of sp³-hybridized carbons (Fsp3) is 0.533. The molecule has 0 aliphatic carbocycles. The van der Waals surface area contributed by atoms with Crippen molar-refractivity contribution in [1.29, 1.82) is 0 Å². The van der Waals surface area contributed by atoms with E-state index >= 15 is 0 Å². The quantitative estimate of drug-likeness (QED) is 0.773. The third-order valence-electron chi connectivity index (χ3n) is 3.30. The van der Waals surface area contributed by atoms with Crippen LogP contribution in [0.5, 0.6) is 5.75 Å². The highest BCUT2D eigenvalue weighted by Crippen LogP contribution is 2.25. The molecule has 0 aromatic heterocycles. The van der Waals surface area contributed by atoms with Crippen molar-refractivity contribution >= 4 is 11.6 Å². The number of benzene rings is 1. The molecule has 0 aliphatic heterocycles. The van der Waals surface area contributed by atoms with Crippen molar-refractivity contribution in [1.82, 2.24) is 4.90 Å². The van der Waals surface area contributed by atoms with Gasteiger partial charge in [-0.25, -0.2) is 0 Å². The number of halogens is 2. The van der Waals surface area contributed by atoms with Gasteiger partial charge in [0.15, 0.2) is 0 Å². The van der Waals surface area contributed by atoms with E-state index in [1.54, 1.807) is 37.9 Å². The molecule has 0 aliphatic rings. The number of hydrogen-bond donors (Lipinski definition) is 2. The molecular formula is C15H22F2N2O3. The molecule has 0 radical (unpaired) electrons. The van der Waals surface area contributed by atoms with E-state index in [2.05, 4.69) is 10.1 Å². The van der Waals surface area contributed by atoms with Crippen LogP contribution in [0.4, 0.5) is 14.5 Å². The number of nitrogens with one attached hydrogen (secondary N) is 1. The third kappa shape index (κ3) is 5.95. The van der Waals surface area contributed by atoms with E-state index in [1.165, 1.54) is 12.1 Å². The molecule has 0 saturated carbocycles. The van der Waals surface area contributed by atoms with Crippen molar-refractivity contribution < 1.29 is 23.4 Å². The number of anilines is 1. The Morgan fingerprint density at radius 2 is 2.00 bits per heavy atom. The summed E-state index contributed by atoms with van der Waals surface area (Å²) in [5.74, 6) is -0.414. The lowest BCUT2D eigenvalue weighted by Gasteiger charge is -2.24. The summed E-state index contributed by atoms with van der Waals surface area (Å²) in [6, 6.07) is 5.56. The summed E-state index contributed by atoms with van der Waals surface area (Å²) in [4.78, 5) is 14.0. The van der Waals surface area contributed by atoms with E-state index in [0.29, 0.717) is 13.0 Å². The second-order valence-corrected chi connectivity index (χ2v) is 5.16. The monoisotopic (exact) mass is 316 g/mol. The second-order valence-electron chi connectivity index (χ2n) is 5.16. The van der Waals surface area contributed by atoms with E-state index < -0.39 is 18.8 Å². The van der Waals surface area contributed by atoms with Crippen LogP contribution in [-0.4, -0.2) is 48.3 Å². The number of rotatable bonds is 8. The predicted molar refractivity (Wildman–Crippen MR) is 80.1 cm³/mol. The zero-order chi connectivity index (χ0) is 16.7. The Bertz CT molecular complexity index is 484. The second kappa shape index (κ2) is 8.65. The molecule has 1 amide bonds. The number of carbonyl (C=O) groups is 1. The first kappa shape index (κ1) is 18.3. The number of hydrogen-bond acceptors (Lipinski definition) is 4. The first-order valence-corrected chi connectivity index (χ1v) is 7.04. The molecule has 5 nitrogen and oxygen atoms in total. The molecule has 124 valence electrons. The van der Waals surface area contributed by atoms with Crippen molar-refractivity contribution in [3.05, 3.63) is 24.3 Å². The molecule has 2 unspecified atom stereocenters. The maximum Gasteiger partial charge on any atom is 0.387 e. The lowest BCUT2D eigenvalue weighted by molar-refractivity contribution is -0.120. The fourth-order valence-electron chi connectivity index (χ4n) is 1.79. The average molecular weight is 316 g/mol. The van der Waals surface area contributed by atoms with Gasteiger partial charge in [-0.2, -0.15) is 8.78 Å². The molecule has 1 aromatic rings. The van der Waals surface area contributed by atoms with Gasteiger partial charge in [0.2, 0.25) is 5.91 Å². The Labute approximate surface area is 128 Å². The van der Waals surface area contributed by atoms with Crippen molar-refractivity contribution in [3.63, 3.8) is 0 Å². The fourth-order valence-corrected chi connectivity index (χ4v) is 1.79. The Balaban J connectivity index is 2.67. The summed E-state index contributed by atoms with van der Waals surface area (Å²) in [5.41, 5.74) is 0.198. The van der Waals surface area contributed by atoms with Gasteiger partial charge in [0.25, 0.3) is 0 Å². The molecule has 2 atom stereocenters. The maximum atomic E-state index is 12.3. The number of para-hydroxylation sites is 2. The summed E-state index contributed by atoms with van der Waals surface area (Å²) < 4.78 is 29.0. The molecule has 0 fully saturated rings. The van der Waals surface area contributed by atoms with E-state index in [4.69, 9.17) is 0 Å².